The van der Waals surface area contributed by atoms with Crippen molar-refractivity contribution in [2.75, 3.05) is 38.7 Å². The van der Waals surface area contributed by atoms with Gasteiger partial charge in [0.15, 0.2) is 0 Å². The second-order valence-electron chi connectivity index (χ2n) is 8.97. The molecule has 4 rings (SSSR count). The van der Waals surface area contributed by atoms with E-state index in [1.807, 2.05) is 47.8 Å². The van der Waals surface area contributed by atoms with Gasteiger partial charge in [0.05, 0.1) is 11.5 Å². The number of carboxylic acids is 1. The summed E-state index contributed by atoms with van der Waals surface area (Å²) in [5.41, 5.74) is 3.87. The quantitative estimate of drug-likeness (QED) is 0.690. The van der Waals surface area contributed by atoms with E-state index >= 15 is 0 Å². The molecule has 1 N–H and O–H groups in total. The Morgan fingerprint density at radius 1 is 1.06 bits per heavy atom. The maximum Gasteiger partial charge on any atom is 0.313 e. The highest BCUT2D eigenvalue weighted by atomic mass is 32.2. The number of nitrogens with zero attached hydrogens (tertiary/aromatic N) is 3. The van der Waals surface area contributed by atoms with Crippen LogP contribution in [0.2, 0.25) is 0 Å². The van der Waals surface area contributed by atoms with Crippen molar-refractivity contribution in [2.24, 2.45) is 5.92 Å². The summed E-state index contributed by atoms with van der Waals surface area (Å²) in [4.78, 5) is 40.8. The van der Waals surface area contributed by atoms with Crippen LogP contribution in [0, 0.1) is 5.92 Å². The zero-order valence-electron chi connectivity index (χ0n) is 18.5. The first-order valence-corrected chi connectivity index (χ1v) is 12.0. The molecule has 1 fully saturated rings. The number of benzene rings is 1. The number of carbonyl (C=O) groups excluding carboxylic acids is 1. The Morgan fingerprint density at radius 2 is 1.84 bits per heavy atom. The average Bonchev–Trinajstić information content (AvgIpc) is 2.74. The molecular formula is C24H29N3O4S. The largest absolute Gasteiger partial charge is 0.481 e. The zero-order valence-corrected chi connectivity index (χ0v) is 19.3. The van der Waals surface area contributed by atoms with Crippen LogP contribution in [0.5, 0.6) is 0 Å². The maximum atomic E-state index is 13.5. The number of aliphatic carboxylic acids is 1. The first kappa shape index (κ1) is 22.6. The van der Waals surface area contributed by atoms with Crippen molar-refractivity contribution < 1.29 is 14.7 Å². The summed E-state index contributed by atoms with van der Waals surface area (Å²) in [7, 11) is 4.04. The lowest BCUT2D eigenvalue weighted by Crippen LogP contribution is -2.49. The molecule has 8 heteroatoms. The fourth-order valence-electron chi connectivity index (χ4n) is 4.93. The molecule has 170 valence electrons. The van der Waals surface area contributed by atoms with Gasteiger partial charge in [0.1, 0.15) is 0 Å². The summed E-state index contributed by atoms with van der Waals surface area (Å²) in [6, 6.07) is 12.0. The maximum absolute atomic E-state index is 13.5. The van der Waals surface area contributed by atoms with Gasteiger partial charge in [-0.3, -0.25) is 14.4 Å². The molecule has 1 aromatic heterocycles. The topological polar surface area (TPSA) is 82.9 Å². The van der Waals surface area contributed by atoms with Crippen LogP contribution >= 0.6 is 11.8 Å². The van der Waals surface area contributed by atoms with E-state index < -0.39 is 5.97 Å². The van der Waals surface area contributed by atoms with E-state index in [0.29, 0.717) is 19.6 Å². The Balaban J connectivity index is 1.58. The number of pyridine rings is 1. The van der Waals surface area contributed by atoms with E-state index in [-0.39, 0.29) is 34.8 Å². The standard InChI is InChI=1S/C24H29N3O4S/c1-25(2)12-17-5-3-4-6-19(17)20-7-8-21-18-9-16(11-27(21)24(20)31)10-26(13-18)22(28)14-32-15-23(29)30/h3-8,16,18H,9-15H2,1-2H3,(H,29,30)/t16-,18-/m1/s1. The molecule has 7 nitrogen and oxygen atoms in total. The molecule has 32 heavy (non-hydrogen) atoms. The molecule has 2 aliphatic heterocycles. The van der Waals surface area contributed by atoms with Crippen molar-refractivity contribution in [3.63, 3.8) is 0 Å². The summed E-state index contributed by atoms with van der Waals surface area (Å²) in [6.07, 6.45) is 0.974. The first-order chi connectivity index (χ1) is 15.3. The van der Waals surface area contributed by atoms with Crippen LogP contribution in [0.4, 0.5) is 0 Å². The molecule has 0 unspecified atom stereocenters. The molecule has 2 bridgehead atoms. The third kappa shape index (κ3) is 4.76. The lowest BCUT2D eigenvalue weighted by atomic mass is 9.82. The molecule has 3 heterocycles. The lowest BCUT2D eigenvalue weighted by Gasteiger charge is -2.43. The molecule has 2 aromatic rings. The molecule has 0 spiro atoms. The minimum atomic E-state index is -0.908. The van der Waals surface area contributed by atoms with Crippen LogP contribution in [0.15, 0.2) is 41.2 Å². The Bertz CT molecular complexity index is 1080. The summed E-state index contributed by atoms with van der Waals surface area (Å²) in [5.74, 6) is -0.442. The first-order valence-electron chi connectivity index (χ1n) is 10.9. The van der Waals surface area contributed by atoms with Gasteiger partial charge in [0.25, 0.3) is 5.56 Å². The van der Waals surface area contributed by atoms with Gasteiger partial charge < -0.3 is 19.5 Å². The van der Waals surface area contributed by atoms with Crippen molar-refractivity contribution >= 4 is 23.6 Å². The van der Waals surface area contributed by atoms with E-state index in [4.69, 9.17) is 5.11 Å². The Labute approximate surface area is 192 Å². The Hall–Kier alpha value is -2.58. The third-order valence-corrected chi connectivity index (χ3v) is 7.10. The Morgan fingerprint density at radius 3 is 2.59 bits per heavy atom. The molecule has 0 saturated carbocycles. The van der Waals surface area contributed by atoms with Crippen LogP contribution in [-0.2, 0) is 22.7 Å². The minimum absolute atomic E-state index is 0.0176. The van der Waals surface area contributed by atoms with Crippen LogP contribution in [0.3, 0.4) is 0 Å². The van der Waals surface area contributed by atoms with Gasteiger partial charge in [0.2, 0.25) is 5.91 Å². The van der Waals surface area contributed by atoms with Crippen molar-refractivity contribution in [1.82, 2.24) is 14.4 Å². The third-order valence-electron chi connectivity index (χ3n) is 6.20. The van der Waals surface area contributed by atoms with Gasteiger partial charge in [-0.2, -0.15) is 0 Å². The lowest BCUT2D eigenvalue weighted by molar-refractivity contribution is -0.133. The highest BCUT2D eigenvalue weighted by molar-refractivity contribution is 8.00. The second-order valence-corrected chi connectivity index (χ2v) is 9.95. The normalized spacial score (nSPS) is 19.7. The number of hydrogen-bond acceptors (Lipinski definition) is 5. The predicted octanol–water partition coefficient (Wildman–Crippen LogP) is 2.34. The zero-order chi connectivity index (χ0) is 22.8. The van der Waals surface area contributed by atoms with Crippen molar-refractivity contribution in [1.29, 1.82) is 0 Å². The van der Waals surface area contributed by atoms with Crippen LogP contribution in [0.25, 0.3) is 11.1 Å². The molecule has 2 aliphatic rings. The minimum Gasteiger partial charge on any atom is -0.481 e. The number of aromatic nitrogens is 1. The van der Waals surface area contributed by atoms with Crippen molar-refractivity contribution in [2.45, 2.75) is 25.4 Å². The van der Waals surface area contributed by atoms with Gasteiger partial charge in [-0.05, 0) is 49.7 Å². The van der Waals surface area contributed by atoms with Gasteiger partial charge in [0, 0.05) is 43.4 Å². The molecule has 0 radical (unpaired) electrons. The number of fused-ring (bicyclic) bond motifs is 4. The second kappa shape index (κ2) is 9.50. The smallest absolute Gasteiger partial charge is 0.313 e. The summed E-state index contributed by atoms with van der Waals surface area (Å²) >= 11 is 1.13. The number of thioether (sulfide) groups is 1. The molecule has 2 atom stereocenters. The molecule has 1 aromatic carbocycles. The number of amides is 1. The molecule has 0 aliphatic carbocycles. The van der Waals surface area contributed by atoms with Crippen molar-refractivity contribution in [3.8, 4) is 11.1 Å². The molecule has 1 amide bonds. The summed E-state index contributed by atoms with van der Waals surface area (Å²) in [5, 5.41) is 8.79. The predicted molar refractivity (Wildman–Crippen MR) is 126 cm³/mol. The molecule has 1 saturated heterocycles. The number of hydrogen-bond donors (Lipinski definition) is 1. The highest BCUT2D eigenvalue weighted by Crippen LogP contribution is 2.36. The number of carbonyl (C=O) groups is 2. The van der Waals surface area contributed by atoms with E-state index in [2.05, 4.69) is 17.0 Å². The number of piperidine rings is 1. The van der Waals surface area contributed by atoms with Crippen LogP contribution in [-0.4, -0.2) is 70.0 Å². The summed E-state index contributed by atoms with van der Waals surface area (Å²) in [6.45, 7) is 2.58. The van der Waals surface area contributed by atoms with E-state index in [9.17, 15) is 14.4 Å². The number of carboxylic acid groups (broad SMARTS) is 1. The van der Waals surface area contributed by atoms with E-state index in [1.165, 1.54) is 0 Å². The van der Waals surface area contributed by atoms with Crippen molar-refractivity contribution in [3.05, 3.63) is 58.0 Å². The van der Waals surface area contributed by atoms with Gasteiger partial charge >= 0.3 is 5.97 Å². The summed E-state index contributed by atoms with van der Waals surface area (Å²) < 4.78 is 1.92. The molecular weight excluding hydrogens is 426 g/mol. The van der Waals surface area contributed by atoms with Gasteiger partial charge in [-0.25, -0.2) is 0 Å². The van der Waals surface area contributed by atoms with Crippen LogP contribution < -0.4 is 5.56 Å². The monoisotopic (exact) mass is 455 g/mol. The van der Waals surface area contributed by atoms with E-state index in [1.54, 1.807) is 0 Å². The Kier molecular flexibility index (Phi) is 6.71. The fourth-order valence-corrected chi connectivity index (χ4v) is 5.57. The average molecular weight is 456 g/mol. The number of likely N-dealkylation sites (tertiary alicyclic amines) is 1. The van der Waals surface area contributed by atoms with E-state index in [0.717, 1.165) is 47.1 Å². The van der Waals surface area contributed by atoms with Gasteiger partial charge in [-0.1, -0.05) is 24.3 Å². The SMILES string of the molecule is CN(C)Cc1ccccc1-c1ccc2n(c1=O)C[C@@H]1C[C@@H]2CN(C(=O)CSCC(=O)O)C1. The highest BCUT2D eigenvalue weighted by Gasteiger charge is 2.36. The number of rotatable bonds is 7. The van der Waals surface area contributed by atoms with Crippen LogP contribution in [0.1, 0.15) is 23.6 Å². The van der Waals surface area contributed by atoms with Gasteiger partial charge in [-0.15, -0.1) is 11.8 Å². The fraction of sp³-hybridized carbons (Fsp3) is 0.458.